The number of methoxy groups -OCH3 is 1. The van der Waals surface area contributed by atoms with Crippen LogP contribution in [-0.2, 0) is 14.3 Å². The number of nitrogens with two attached hydrogens (primary N) is 2. The highest BCUT2D eigenvalue weighted by Gasteiger charge is 2.44. The van der Waals surface area contributed by atoms with E-state index in [0.717, 1.165) is 18.5 Å². The number of aromatic nitrogens is 3. The third kappa shape index (κ3) is 8.18. The number of likely N-dealkylation sites (tertiary alicyclic amines) is 1. The van der Waals surface area contributed by atoms with Crippen molar-refractivity contribution in [2.45, 2.75) is 44.6 Å². The van der Waals surface area contributed by atoms with E-state index in [9.17, 15) is 9.59 Å². The summed E-state index contributed by atoms with van der Waals surface area (Å²) < 4.78 is 4.95. The highest BCUT2D eigenvalue weighted by molar-refractivity contribution is 6.24. The van der Waals surface area contributed by atoms with Crippen LogP contribution in [0.2, 0.25) is 0 Å². The molecule has 0 unspecified atom stereocenters. The summed E-state index contributed by atoms with van der Waals surface area (Å²) in [5, 5.41) is 5.78. The molecule has 3 heterocycles. The van der Waals surface area contributed by atoms with Gasteiger partial charge in [-0.2, -0.15) is 0 Å². The van der Waals surface area contributed by atoms with Gasteiger partial charge < -0.3 is 31.6 Å². The first-order chi connectivity index (χ1) is 19.9. The Bertz CT molecular complexity index is 1250. The van der Waals surface area contributed by atoms with Gasteiger partial charge in [-0.05, 0) is 51.6 Å². The number of carbonyl (C=O) groups is 2. The second-order valence-corrected chi connectivity index (χ2v) is 9.87. The summed E-state index contributed by atoms with van der Waals surface area (Å²) in [4.78, 5) is 42.5. The summed E-state index contributed by atoms with van der Waals surface area (Å²) in [6.07, 6.45) is 16.5. The van der Waals surface area contributed by atoms with Crippen molar-refractivity contribution in [3.8, 4) is 0 Å². The number of nitrogens with zero attached hydrogens (tertiary/aromatic N) is 5. The first-order valence-corrected chi connectivity index (χ1v) is 13.7. The molecule has 2 aliphatic rings. The SMILES string of the molecule is CNc1cnc(C)c(NC(=O)/C(=C/N)c2cnc(/C(C=NCCOC)=C/N)cn2)c1.O=CCN1CCCC12CCC2. The second-order valence-electron chi connectivity index (χ2n) is 9.87. The average molecular weight is 564 g/mol. The van der Waals surface area contributed by atoms with Crippen LogP contribution >= 0.6 is 0 Å². The summed E-state index contributed by atoms with van der Waals surface area (Å²) in [7, 11) is 3.37. The molecule has 0 aromatic carbocycles. The molecule has 1 aliphatic carbocycles. The molecule has 0 radical (unpaired) electrons. The molecule has 2 fully saturated rings. The van der Waals surface area contributed by atoms with Crippen molar-refractivity contribution in [3.05, 3.63) is 54.1 Å². The zero-order valence-electron chi connectivity index (χ0n) is 24.1. The molecular formula is C29H41N9O3. The molecule has 1 saturated heterocycles. The number of aldehydes is 1. The van der Waals surface area contributed by atoms with Gasteiger partial charge in [0.25, 0.3) is 5.91 Å². The first-order valence-electron chi connectivity index (χ1n) is 13.7. The number of hydrogen-bond acceptors (Lipinski definition) is 11. The zero-order valence-corrected chi connectivity index (χ0v) is 24.1. The van der Waals surface area contributed by atoms with E-state index in [1.165, 1.54) is 56.9 Å². The fraction of sp³-hybridized carbons (Fsp3) is 0.448. The van der Waals surface area contributed by atoms with Gasteiger partial charge in [-0.25, -0.2) is 0 Å². The molecule has 0 atom stereocenters. The molecule has 2 aromatic heterocycles. The van der Waals surface area contributed by atoms with Gasteiger partial charge in [0.15, 0.2) is 0 Å². The van der Waals surface area contributed by atoms with Gasteiger partial charge in [-0.15, -0.1) is 0 Å². The van der Waals surface area contributed by atoms with E-state index in [0.29, 0.717) is 53.6 Å². The Balaban J connectivity index is 0.000000346. The van der Waals surface area contributed by atoms with E-state index in [-0.39, 0.29) is 5.57 Å². The summed E-state index contributed by atoms with van der Waals surface area (Å²) >= 11 is 0. The molecule has 1 saturated carbocycles. The second kappa shape index (κ2) is 15.6. The molecule has 1 aliphatic heterocycles. The van der Waals surface area contributed by atoms with Gasteiger partial charge in [0.2, 0.25) is 0 Å². The van der Waals surface area contributed by atoms with Crippen molar-refractivity contribution >= 4 is 40.9 Å². The predicted octanol–water partition coefficient (Wildman–Crippen LogP) is 2.38. The minimum Gasteiger partial charge on any atom is -0.404 e. The van der Waals surface area contributed by atoms with Crippen LogP contribution in [0.25, 0.3) is 11.1 Å². The standard InChI is InChI=1S/C20H26N8O2.C9H15NO/c1-13-17(6-15(23-2)10-25-13)28-20(29)16(8-22)19-12-26-18(11-27-19)14(7-21)9-24-4-5-30-3;11-8-7-10-6-2-5-9(10)3-1-4-9/h6-12,23H,4-5,21-22H2,1-3H3,(H,28,29);8H,1-7H2/b14-7+,16-8+,24-9?;. The van der Waals surface area contributed by atoms with Gasteiger partial charge in [0.05, 0.1) is 72.3 Å². The third-order valence-electron chi connectivity index (χ3n) is 7.41. The summed E-state index contributed by atoms with van der Waals surface area (Å²) in [5.41, 5.74) is 15.4. The van der Waals surface area contributed by atoms with Crippen LogP contribution in [0.5, 0.6) is 0 Å². The van der Waals surface area contributed by atoms with Crippen LogP contribution in [0.15, 0.2) is 42.0 Å². The van der Waals surface area contributed by atoms with Gasteiger partial charge in [0.1, 0.15) is 6.29 Å². The normalized spacial score (nSPS) is 16.7. The molecule has 41 heavy (non-hydrogen) atoms. The van der Waals surface area contributed by atoms with Crippen LogP contribution in [0.1, 0.15) is 49.2 Å². The topological polar surface area (TPSA) is 174 Å². The molecule has 6 N–H and O–H groups in total. The number of hydrogen-bond donors (Lipinski definition) is 4. The van der Waals surface area contributed by atoms with Crippen molar-refractivity contribution in [1.82, 2.24) is 19.9 Å². The summed E-state index contributed by atoms with van der Waals surface area (Å²) in [6.45, 7) is 4.62. The van der Waals surface area contributed by atoms with Gasteiger partial charge >= 0.3 is 0 Å². The number of amides is 1. The Morgan fingerprint density at radius 2 is 1.85 bits per heavy atom. The number of pyridine rings is 1. The van der Waals surface area contributed by atoms with Crippen LogP contribution in [-0.4, -0.2) is 84.2 Å². The van der Waals surface area contributed by atoms with E-state index in [4.69, 9.17) is 16.2 Å². The minimum absolute atomic E-state index is 0.176. The van der Waals surface area contributed by atoms with E-state index in [1.807, 2.05) is 0 Å². The Morgan fingerprint density at radius 1 is 1.12 bits per heavy atom. The van der Waals surface area contributed by atoms with E-state index in [1.54, 1.807) is 39.6 Å². The van der Waals surface area contributed by atoms with Gasteiger partial charge in [0, 0.05) is 43.9 Å². The molecule has 1 amide bonds. The Morgan fingerprint density at radius 3 is 2.44 bits per heavy atom. The van der Waals surface area contributed by atoms with Crippen molar-refractivity contribution in [1.29, 1.82) is 0 Å². The lowest BCUT2D eigenvalue weighted by Gasteiger charge is -2.45. The van der Waals surface area contributed by atoms with Crippen LogP contribution in [0, 0.1) is 6.92 Å². The van der Waals surface area contributed by atoms with Crippen LogP contribution < -0.4 is 22.1 Å². The molecule has 12 heteroatoms. The lowest BCUT2D eigenvalue weighted by atomic mass is 9.75. The third-order valence-corrected chi connectivity index (χ3v) is 7.41. The van der Waals surface area contributed by atoms with Gasteiger partial charge in [-0.3, -0.25) is 29.6 Å². The maximum absolute atomic E-state index is 12.7. The summed E-state index contributed by atoms with van der Waals surface area (Å²) in [5.74, 6) is -0.423. The maximum Gasteiger partial charge on any atom is 0.259 e. The van der Waals surface area contributed by atoms with E-state index >= 15 is 0 Å². The fourth-order valence-corrected chi connectivity index (χ4v) is 4.90. The largest absolute Gasteiger partial charge is 0.404 e. The smallest absolute Gasteiger partial charge is 0.259 e. The highest BCUT2D eigenvalue weighted by Crippen LogP contribution is 2.44. The molecule has 0 bridgehead atoms. The zero-order chi connectivity index (χ0) is 29.7. The van der Waals surface area contributed by atoms with Crippen LogP contribution in [0.3, 0.4) is 0 Å². The molecule has 220 valence electrons. The number of rotatable bonds is 11. The van der Waals surface area contributed by atoms with E-state index in [2.05, 4.69) is 35.5 Å². The van der Waals surface area contributed by atoms with Crippen molar-refractivity contribution in [2.75, 3.05) is 51.0 Å². The lowest BCUT2D eigenvalue weighted by molar-refractivity contribution is -0.111. The van der Waals surface area contributed by atoms with Crippen molar-refractivity contribution in [2.24, 2.45) is 16.5 Å². The molecule has 1 spiro atoms. The number of ether oxygens (including phenoxy) is 1. The number of aliphatic imine (C=N–C) groups is 1. The molecular weight excluding hydrogens is 522 g/mol. The molecule has 4 rings (SSSR count). The van der Waals surface area contributed by atoms with Crippen molar-refractivity contribution in [3.63, 3.8) is 0 Å². The Kier molecular flexibility index (Phi) is 11.9. The van der Waals surface area contributed by atoms with Crippen LogP contribution in [0.4, 0.5) is 11.4 Å². The number of allylic oxidation sites excluding steroid dienone is 1. The van der Waals surface area contributed by atoms with Crippen molar-refractivity contribution < 1.29 is 14.3 Å². The maximum atomic E-state index is 12.7. The first kappa shape index (κ1) is 31.4. The Hall–Kier alpha value is -4.16. The monoisotopic (exact) mass is 563 g/mol. The minimum atomic E-state index is -0.423. The average Bonchev–Trinajstić information content (AvgIpc) is 3.40. The quantitative estimate of drug-likeness (QED) is 0.138. The molecule has 12 nitrogen and oxygen atoms in total. The van der Waals surface area contributed by atoms with E-state index < -0.39 is 5.91 Å². The van der Waals surface area contributed by atoms with Gasteiger partial charge in [-0.1, -0.05) is 0 Å². The number of carbonyl (C=O) groups excluding carboxylic acids is 2. The highest BCUT2D eigenvalue weighted by atomic mass is 16.5. The lowest BCUT2D eigenvalue weighted by Crippen LogP contribution is -2.49. The Labute approximate surface area is 241 Å². The summed E-state index contributed by atoms with van der Waals surface area (Å²) in [6, 6.07) is 1.78. The molecule has 2 aromatic rings. The predicted molar refractivity (Wildman–Crippen MR) is 162 cm³/mol. The fourth-order valence-electron chi connectivity index (χ4n) is 4.90. The number of anilines is 2. The number of aryl methyl sites for hydroxylation is 1. The number of nitrogens with one attached hydrogen (secondary N) is 2.